The van der Waals surface area contributed by atoms with Gasteiger partial charge in [0.15, 0.2) is 5.78 Å². The third kappa shape index (κ3) is 6.30. The number of Topliss-reactive ketones (excluding diaryl/α,β-unsaturated/α-hetero) is 1. The summed E-state index contributed by atoms with van der Waals surface area (Å²) in [5.74, 6) is -0.185. The van der Waals surface area contributed by atoms with Gasteiger partial charge in [0, 0.05) is 40.9 Å². The maximum atomic E-state index is 13.1. The third-order valence-electron chi connectivity index (χ3n) is 6.18. The molecule has 1 atom stereocenters. The number of nitrogens with zero attached hydrogens (tertiary/aromatic N) is 3. The largest absolute Gasteiger partial charge is 0.442 e. The molecule has 0 amide bonds. The first kappa shape index (κ1) is 28.3. The number of hydrogen-bond donors (Lipinski definition) is 1. The highest BCUT2D eigenvalue weighted by molar-refractivity contribution is 6.30. The van der Waals surface area contributed by atoms with Gasteiger partial charge in [0.25, 0.3) is 11.1 Å². The summed E-state index contributed by atoms with van der Waals surface area (Å²) in [4.78, 5) is 50.5. The molecule has 40 heavy (non-hydrogen) atoms. The predicted octanol–water partition coefficient (Wildman–Crippen LogP) is 5.35. The van der Waals surface area contributed by atoms with Gasteiger partial charge in [0.1, 0.15) is 5.60 Å². The van der Waals surface area contributed by atoms with Gasteiger partial charge in [-0.3, -0.25) is 19.5 Å². The van der Waals surface area contributed by atoms with Crippen LogP contribution in [0.1, 0.15) is 44.9 Å². The molecule has 2 aromatic carbocycles. The van der Waals surface area contributed by atoms with Gasteiger partial charge in [-0.1, -0.05) is 35.9 Å². The molecule has 0 aliphatic carbocycles. The van der Waals surface area contributed by atoms with Crippen LogP contribution >= 0.6 is 11.6 Å². The summed E-state index contributed by atoms with van der Waals surface area (Å²) in [5, 5.41) is 12.3. The minimum Gasteiger partial charge on any atom is -0.442 e. The summed E-state index contributed by atoms with van der Waals surface area (Å²) in [5.41, 5.74) is 1.49. The number of ether oxygens (including phenoxy) is 1. The van der Waals surface area contributed by atoms with Crippen molar-refractivity contribution < 1.29 is 14.3 Å². The molecule has 1 N–H and O–H groups in total. The SMILES string of the molecule is CC(C(=O)Cc1ccc(-c2cc(=O)[nH]n2C(=O)OC(C)(C)C)cc1)n1ccc(-c2cc(Cl)ccc2C#N)cc1=O. The molecule has 0 fully saturated rings. The van der Waals surface area contributed by atoms with Crippen LogP contribution in [0.4, 0.5) is 4.79 Å². The summed E-state index contributed by atoms with van der Waals surface area (Å²) >= 11 is 6.08. The van der Waals surface area contributed by atoms with Crippen molar-refractivity contribution in [3.8, 4) is 28.5 Å². The number of hydrogen-bond acceptors (Lipinski definition) is 6. The number of aromatic amines is 1. The van der Waals surface area contributed by atoms with Crippen LogP contribution < -0.4 is 11.1 Å². The lowest BCUT2D eigenvalue weighted by molar-refractivity contribution is -0.121. The normalized spacial score (nSPS) is 12.0. The monoisotopic (exact) mass is 558 g/mol. The summed E-state index contributed by atoms with van der Waals surface area (Å²) < 4.78 is 7.76. The zero-order valence-electron chi connectivity index (χ0n) is 22.4. The molecule has 0 saturated heterocycles. The molecule has 10 heteroatoms. The molecule has 0 bridgehead atoms. The number of benzene rings is 2. The number of rotatable bonds is 6. The van der Waals surface area contributed by atoms with Crippen LogP contribution in [-0.2, 0) is 16.0 Å². The zero-order valence-corrected chi connectivity index (χ0v) is 23.2. The highest BCUT2D eigenvalue weighted by Crippen LogP contribution is 2.26. The number of carbonyl (C=O) groups excluding carboxylic acids is 2. The van der Waals surface area contributed by atoms with Crippen LogP contribution in [0.2, 0.25) is 5.02 Å². The first-order valence-corrected chi connectivity index (χ1v) is 12.8. The molecule has 2 heterocycles. The summed E-state index contributed by atoms with van der Waals surface area (Å²) in [6.45, 7) is 6.83. The van der Waals surface area contributed by atoms with E-state index in [4.69, 9.17) is 16.3 Å². The van der Waals surface area contributed by atoms with E-state index in [1.54, 1.807) is 76.2 Å². The highest BCUT2D eigenvalue weighted by Gasteiger charge is 2.22. The van der Waals surface area contributed by atoms with Crippen LogP contribution in [0, 0.1) is 11.3 Å². The molecule has 0 aliphatic heterocycles. The molecule has 4 aromatic rings. The van der Waals surface area contributed by atoms with Gasteiger partial charge >= 0.3 is 6.09 Å². The number of carbonyl (C=O) groups is 2. The van der Waals surface area contributed by atoms with E-state index in [1.807, 2.05) is 0 Å². The van der Waals surface area contributed by atoms with Crippen molar-refractivity contribution >= 4 is 23.5 Å². The van der Waals surface area contributed by atoms with Gasteiger partial charge in [0.2, 0.25) is 0 Å². The number of nitriles is 1. The average molecular weight is 559 g/mol. The fourth-order valence-electron chi connectivity index (χ4n) is 4.18. The highest BCUT2D eigenvalue weighted by atomic mass is 35.5. The number of aromatic nitrogens is 3. The molecule has 0 radical (unpaired) electrons. The van der Waals surface area contributed by atoms with Crippen LogP contribution in [-0.4, -0.2) is 31.8 Å². The fourth-order valence-corrected chi connectivity index (χ4v) is 4.35. The Morgan fingerprint density at radius 3 is 2.35 bits per heavy atom. The van der Waals surface area contributed by atoms with E-state index in [0.29, 0.717) is 38.5 Å². The predicted molar refractivity (Wildman–Crippen MR) is 151 cm³/mol. The molecular formula is C30H27ClN4O5. The topological polar surface area (TPSA) is 127 Å². The molecule has 1 unspecified atom stereocenters. The summed E-state index contributed by atoms with van der Waals surface area (Å²) in [6, 6.07) is 17.4. The van der Waals surface area contributed by atoms with Crippen molar-refractivity contribution in [3.05, 3.63) is 104 Å². The fraction of sp³-hybridized carbons (Fsp3) is 0.233. The van der Waals surface area contributed by atoms with Gasteiger partial charge in [-0.05, 0) is 63.1 Å². The van der Waals surface area contributed by atoms with Crippen molar-refractivity contribution in [2.24, 2.45) is 0 Å². The van der Waals surface area contributed by atoms with Gasteiger partial charge in [0.05, 0.1) is 23.4 Å². The molecular weight excluding hydrogens is 532 g/mol. The van der Waals surface area contributed by atoms with Crippen LogP contribution in [0.15, 0.2) is 76.4 Å². The second-order valence-electron chi connectivity index (χ2n) is 10.3. The van der Waals surface area contributed by atoms with E-state index in [9.17, 15) is 24.4 Å². The van der Waals surface area contributed by atoms with E-state index < -0.39 is 23.3 Å². The van der Waals surface area contributed by atoms with Gasteiger partial charge < -0.3 is 9.30 Å². The van der Waals surface area contributed by atoms with Crippen molar-refractivity contribution in [1.29, 1.82) is 5.26 Å². The number of nitrogens with one attached hydrogen (secondary N) is 1. The number of halogens is 1. The minimum absolute atomic E-state index is 0.0640. The molecule has 4 rings (SSSR count). The Balaban J connectivity index is 1.51. The maximum Gasteiger partial charge on any atom is 0.434 e. The standard InChI is InChI=1S/C30H27ClN4O5/c1-18(34-12-11-21(14-28(34)38)24-15-23(31)10-9-22(24)17-32)26(36)13-19-5-7-20(8-6-19)25-16-27(37)33-35(25)29(39)40-30(2,3)4/h5-12,14-16,18H,13H2,1-4H3,(H,33,37). The Labute approximate surface area is 235 Å². The Bertz CT molecular complexity index is 1750. The quantitative estimate of drug-likeness (QED) is 0.340. The van der Waals surface area contributed by atoms with Crippen LogP contribution in [0.5, 0.6) is 0 Å². The summed E-state index contributed by atoms with van der Waals surface area (Å²) in [6.07, 6.45) is 0.884. The lowest BCUT2D eigenvalue weighted by Gasteiger charge is -2.20. The van der Waals surface area contributed by atoms with Gasteiger partial charge in [-0.25, -0.2) is 4.79 Å². The molecule has 0 aliphatic rings. The lowest BCUT2D eigenvalue weighted by atomic mass is 10.0. The molecule has 0 saturated carbocycles. The third-order valence-corrected chi connectivity index (χ3v) is 6.41. The lowest BCUT2D eigenvalue weighted by Crippen LogP contribution is -2.28. The number of H-pyrrole nitrogens is 1. The minimum atomic E-state index is -0.743. The smallest absolute Gasteiger partial charge is 0.434 e. The van der Waals surface area contributed by atoms with E-state index in [2.05, 4.69) is 11.2 Å². The maximum absolute atomic E-state index is 13.1. The Morgan fingerprint density at radius 2 is 1.73 bits per heavy atom. The first-order chi connectivity index (χ1) is 18.9. The van der Waals surface area contributed by atoms with Gasteiger partial charge in [-0.2, -0.15) is 9.94 Å². The van der Waals surface area contributed by atoms with Gasteiger partial charge in [-0.15, -0.1) is 0 Å². The number of pyridine rings is 1. The molecule has 0 spiro atoms. The van der Waals surface area contributed by atoms with Crippen LogP contribution in [0.3, 0.4) is 0 Å². The van der Waals surface area contributed by atoms with E-state index >= 15 is 0 Å². The first-order valence-electron chi connectivity index (χ1n) is 12.5. The second-order valence-corrected chi connectivity index (χ2v) is 10.7. The van der Waals surface area contributed by atoms with E-state index in [0.717, 1.165) is 4.68 Å². The van der Waals surface area contributed by atoms with Crippen molar-refractivity contribution in [2.45, 2.75) is 45.8 Å². The Morgan fingerprint density at radius 1 is 1.02 bits per heavy atom. The Kier molecular flexibility index (Phi) is 7.93. The van der Waals surface area contributed by atoms with Crippen molar-refractivity contribution in [3.63, 3.8) is 0 Å². The van der Waals surface area contributed by atoms with E-state index in [-0.39, 0.29) is 17.8 Å². The molecule has 9 nitrogen and oxygen atoms in total. The zero-order chi connectivity index (χ0) is 29.2. The average Bonchev–Trinajstić information content (AvgIpc) is 3.29. The summed E-state index contributed by atoms with van der Waals surface area (Å²) in [7, 11) is 0. The van der Waals surface area contributed by atoms with Crippen LogP contribution in [0.25, 0.3) is 22.4 Å². The second kappa shape index (κ2) is 11.2. The van der Waals surface area contributed by atoms with Crippen molar-refractivity contribution in [1.82, 2.24) is 14.3 Å². The van der Waals surface area contributed by atoms with E-state index in [1.165, 1.54) is 22.9 Å². The molecule has 2 aromatic heterocycles. The van der Waals surface area contributed by atoms with Crippen molar-refractivity contribution in [2.75, 3.05) is 0 Å². The Hall–Kier alpha value is -4.68. The molecule has 204 valence electrons. The number of ketones is 1.